The molecule has 23 heavy (non-hydrogen) atoms. The van der Waals surface area contributed by atoms with E-state index < -0.39 is 12.2 Å². The first-order valence-corrected chi connectivity index (χ1v) is 7.88. The van der Waals surface area contributed by atoms with E-state index in [1.165, 1.54) is 0 Å². The van der Waals surface area contributed by atoms with Gasteiger partial charge in [0.05, 0.1) is 12.6 Å². The van der Waals surface area contributed by atoms with Gasteiger partial charge in [0.15, 0.2) is 6.10 Å². The summed E-state index contributed by atoms with van der Waals surface area (Å²) in [6, 6.07) is 19.1. The summed E-state index contributed by atoms with van der Waals surface area (Å²) in [5, 5.41) is 10.5. The molecule has 4 heteroatoms. The Morgan fingerprint density at radius 1 is 1.09 bits per heavy atom. The predicted molar refractivity (Wildman–Crippen MR) is 87.7 cm³/mol. The lowest BCUT2D eigenvalue weighted by Gasteiger charge is -2.29. The van der Waals surface area contributed by atoms with Gasteiger partial charge in [0, 0.05) is 6.54 Å². The quantitative estimate of drug-likeness (QED) is 0.948. The minimum atomic E-state index is -1.19. The fourth-order valence-corrected chi connectivity index (χ4v) is 3.00. The van der Waals surface area contributed by atoms with Gasteiger partial charge in [0.2, 0.25) is 0 Å². The second kappa shape index (κ2) is 6.94. The molecule has 0 aromatic heterocycles. The Kier molecular flexibility index (Phi) is 4.74. The first-order valence-electron chi connectivity index (χ1n) is 7.88. The third-order valence-electron chi connectivity index (χ3n) is 4.33. The number of carbonyl (C=O) groups excluding carboxylic acids is 1. The molecule has 3 rings (SSSR count). The van der Waals surface area contributed by atoms with Crippen molar-refractivity contribution in [3.05, 3.63) is 71.8 Å². The monoisotopic (exact) mass is 311 g/mol. The largest absolute Gasteiger partial charge is 0.380 e. The molecule has 4 nitrogen and oxygen atoms in total. The Hall–Kier alpha value is -2.17. The molecule has 1 heterocycles. The number of rotatable bonds is 3. The van der Waals surface area contributed by atoms with Gasteiger partial charge in [-0.25, -0.2) is 0 Å². The zero-order valence-electron chi connectivity index (χ0n) is 13.1. The molecule has 0 spiro atoms. The van der Waals surface area contributed by atoms with Crippen molar-refractivity contribution in [1.82, 2.24) is 4.90 Å². The van der Waals surface area contributed by atoms with Crippen molar-refractivity contribution in [3.63, 3.8) is 0 Å². The minimum Gasteiger partial charge on any atom is -0.380 e. The molecule has 0 aliphatic carbocycles. The normalized spacial score (nSPS) is 23.4. The molecule has 120 valence electrons. The standard InChI is InChI=1S/C19H21NO3/c1-14(15-8-4-2-5-9-15)20-12-13-23-18(17(21)19(20)22)16-10-6-3-7-11-16/h2-11,14,17-18,21H,12-13H2,1H3/t14-,17+,18+/m0/s1. The summed E-state index contributed by atoms with van der Waals surface area (Å²) in [6.45, 7) is 2.84. The molecule has 2 aromatic carbocycles. The average Bonchev–Trinajstić information content (AvgIpc) is 2.75. The number of hydrogen-bond donors (Lipinski definition) is 1. The summed E-state index contributed by atoms with van der Waals surface area (Å²) in [5.41, 5.74) is 1.87. The van der Waals surface area contributed by atoms with E-state index in [9.17, 15) is 9.90 Å². The van der Waals surface area contributed by atoms with Crippen molar-refractivity contribution in [1.29, 1.82) is 0 Å². The Morgan fingerprint density at radius 2 is 1.70 bits per heavy atom. The van der Waals surface area contributed by atoms with Crippen LogP contribution in [0.15, 0.2) is 60.7 Å². The Labute approximate surface area is 136 Å². The second-order valence-electron chi connectivity index (χ2n) is 5.77. The van der Waals surface area contributed by atoms with Crippen molar-refractivity contribution in [2.75, 3.05) is 13.2 Å². The summed E-state index contributed by atoms with van der Waals surface area (Å²) >= 11 is 0. The number of ether oxygens (including phenoxy) is 1. The summed E-state index contributed by atoms with van der Waals surface area (Å²) in [5.74, 6) is -0.285. The topological polar surface area (TPSA) is 49.8 Å². The molecular weight excluding hydrogens is 290 g/mol. The fraction of sp³-hybridized carbons (Fsp3) is 0.316. The van der Waals surface area contributed by atoms with E-state index in [4.69, 9.17) is 4.74 Å². The van der Waals surface area contributed by atoms with Crippen molar-refractivity contribution >= 4 is 5.91 Å². The molecule has 0 unspecified atom stereocenters. The van der Waals surface area contributed by atoms with Crippen molar-refractivity contribution in [2.45, 2.75) is 25.2 Å². The highest BCUT2D eigenvalue weighted by molar-refractivity contribution is 5.82. The lowest BCUT2D eigenvalue weighted by atomic mass is 10.0. The van der Waals surface area contributed by atoms with Crippen LogP contribution < -0.4 is 0 Å². The molecule has 0 bridgehead atoms. The summed E-state index contributed by atoms with van der Waals surface area (Å²) < 4.78 is 5.78. The van der Waals surface area contributed by atoms with E-state index >= 15 is 0 Å². The first kappa shape index (κ1) is 15.7. The average molecular weight is 311 g/mol. The van der Waals surface area contributed by atoms with Gasteiger partial charge < -0.3 is 14.7 Å². The van der Waals surface area contributed by atoms with E-state index in [1.54, 1.807) is 4.90 Å². The zero-order chi connectivity index (χ0) is 16.2. The van der Waals surface area contributed by atoms with Crippen LogP contribution in [-0.2, 0) is 9.53 Å². The summed E-state index contributed by atoms with van der Waals surface area (Å²) in [7, 11) is 0. The smallest absolute Gasteiger partial charge is 0.255 e. The number of aliphatic hydroxyl groups is 1. The molecule has 1 aliphatic heterocycles. The fourth-order valence-electron chi connectivity index (χ4n) is 3.00. The molecule has 1 amide bonds. The maximum atomic E-state index is 12.7. The maximum Gasteiger partial charge on any atom is 0.255 e. The van der Waals surface area contributed by atoms with E-state index in [2.05, 4.69) is 0 Å². The SMILES string of the molecule is C[C@@H](c1ccccc1)N1CCO[C@H](c2ccccc2)[C@@H](O)C1=O. The number of carbonyl (C=O) groups is 1. The predicted octanol–water partition coefficient (Wildman–Crippen LogP) is 2.71. The van der Waals surface area contributed by atoms with Gasteiger partial charge >= 0.3 is 0 Å². The highest BCUT2D eigenvalue weighted by atomic mass is 16.5. The molecule has 2 aromatic rings. The molecule has 1 N–H and O–H groups in total. The van der Waals surface area contributed by atoms with Crippen molar-refractivity contribution < 1.29 is 14.6 Å². The molecule has 3 atom stereocenters. The van der Waals surface area contributed by atoms with Gasteiger partial charge in [-0.1, -0.05) is 60.7 Å². The number of benzene rings is 2. The summed E-state index contributed by atoms with van der Waals surface area (Å²) in [4.78, 5) is 14.4. The van der Waals surface area contributed by atoms with E-state index in [0.717, 1.165) is 11.1 Å². The molecule has 1 aliphatic rings. The van der Waals surface area contributed by atoms with Crippen LogP contribution in [0.25, 0.3) is 0 Å². The second-order valence-corrected chi connectivity index (χ2v) is 5.77. The highest BCUT2D eigenvalue weighted by Crippen LogP contribution is 2.29. The lowest BCUT2D eigenvalue weighted by molar-refractivity contribution is -0.145. The lowest BCUT2D eigenvalue weighted by Crippen LogP contribution is -2.41. The number of aliphatic hydroxyl groups excluding tert-OH is 1. The zero-order valence-corrected chi connectivity index (χ0v) is 13.1. The van der Waals surface area contributed by atoms with Crippen LogP contribution in [0.2, 0.25) is 0 Å². The van der Waals surface area contributed by atoms with Gasteiger partial charge in [-0.15, -0.1) is 0 Å². The van der Waals surface area contributed by atoms with Gasteiger partial charge in [-0.2, -0.15) is 0 Å². The van der Waals surface area contributed by atoms with Crippen molar-refractivity contribution in [3.8, 4) is 0 Å². The minimum absolute atomic E-state index is 0.100. The van der Waals surface area contributed by atoms with E-state index in [-0.39, 0.29) is 11.9 Å². The van der Waals surface area contributed by atoms with E-state index in [0.29, 0.717) is 13.2 Å². The van der Waals surface area contributed by atoms with Crippen LogP contribution >= 0.6 is 0 Å². The third kappa shape index (κ3) is 3.28. The number of nitrogens with zero attached hydrogens (tertiary/aromatic N) is 1. The maximum absolute atomic E-state index is 12.7. The Bertz CT molecular complexity index is 644. The van der Waals surface area contributed by atoms with Crippen LogP contribution in [-0.4, -0.2) is 35.2 Å². The first-order chi connectivity index (χ1) is 11.2. The molecule has 1 saturated heterocycles. The third-order valence-corrected chi connectivity index (χ3v) is 4.33. The molecule has 0 radical (unpaired) electrons. The molecule has 0 saturated carbocycles. The van der Waals surface area contributed by atoms with Gasteiger partial charge in [-0.05, 0) is 18.1 Å². The van der Waals surface area contributed by atoms with Gasteiger partial charge in [-0.3, -0.25) is 4.79 Å². The van der Waals surface area contributed by atoms with Gasteiger partial charge in [0.1, 0.15) is 6.10 Å². The molecule has 1 fully saturated rings. The Morgan fingerprint density at radius 3 is 2.35 bits per heavy atom. The van der Waals surface area contributed by atoms with Crippen LogP contribution in [0.5, 0.6) is 0 Å². The van der Waals surface area contributed by atoms with Crippen LogP contribution in [0.3, 0.4) is 0 Å². The summed E-state index contributed by atoms with van der Waals surface area (Å²) in [6.07, 6.45) is -1.80. The highest BCUT2D eigenvalue weighted by Gasteiger charge is 2.36. The van der Waals surface area contributed by atoms with Gasteiger partial charge in [0.25, 0.3) is 5.91 Å². The number of amides is 1. The molecular formula is C19H21NO3. The van der Waals surface area contributed by atoms with E-state index in [1.807, 2.05) is 67.6 Å². The van der Waals surface area contributed by atoms with Crippen LogP contribution in [0, 0.1) is 0 Å². The van der Waals surface area contributed by atoms with Crippen LogP contribution in [0.1, 0.15) is 30.2 Å². The number of hydrogen-bond acceptors (Lipinski definition) is 3. The van der Waals surface area contributed by atoms with Crippen molar-refractivity contribution in [2.24, 2.45) is 0 Å². The Balaban J connectivity index is 1.82. The van der Waals surface area contributed by atoms with Crippen LogP contribution in [0.4, 0.5) is 0 Å².